The molecule has 45 heavy (non-hydrogen) atoms. The molecule has 6 aliphatic rings. The number of nitrogens with zero attached hydrogens (tertiary/aromatic N) is 2. The summed E-state index contributed by atoms with van der Waals surface area (Å²) < 4.78 is 34.2. The smallest absolute Gasteiger partial charge is 0.239 e. The first-order chi connectivity index (χ1) is 21.6. The molecule has 1 amide bonds. The molecule has 6 heterocycles. The van der Waals surface area contributed by atoms with Crippen LogP contribution in [0.15, 0.2) is 36.4 Å². The highest BCUT2D eigenvalue weighted by molar-refractivity contribution is 6.07. The van der Waals surface area contributed by atoms with Crippen molar-refractivity contribution in [3.05, 3.63) is 47.5 Å². The topological polar surface area (TPSA) is 103 Å². The van der Waals surface area contributed by atoms with E-state index in [0.717, 1.165) is 76.1 Å². The fourth-order valence-electron chi connectivity index (χ4n) is 6.88. The lowest BCUT2D eigenvalue weighted by Gasteiger charge is -2.41. The predicted molar refractivity (Wildman–Crippen MR) is 171 cm³/mol. The molecule has 6 aliphatic heterocycles. The second-order valence-electron chi connectivity index (χ2n) is 13.8. The number of anilines is 4. The van der Waals surface area contributed by atoms with Crippen LogP contribution < -0.4 is 20.4 Å². The van der Waals surface area contributed by atoms with E-state index in [0.29, 0.717) is 26.4 Å². The van der Waals surface area contributed by atoms with E-state index < -0.39 is 17.0 Å². The van der Waals surface area contributed by atoms with Crippen LogP contribution in [-0.2, 0) is 44.0 Å². The van der Waals surface area contributed by atoms with Crippen LogP contribution in [0.3, 0.4) is 0 Å². The molecule has 0 unspecified atom stereocenters. The Balaban J connectivity index is 0.000000145. The predicted octanol–water partition coefficient (Wildman–Crippen LogP) is 3.47. The second-order valence-corrected chi connectivity index (χ2v) is 13.8. The summed E-state index contributed by atoms with van der Waals surface area (Å²) >= 11 is 0. The Kier molecular flexibility index (Phi) is 7.99. The number of nitrogens with one attached hydrogen (secondary N) is 2. The molecular weight excluding hydrogens is 576 g/mol. The van der Waals surface area contributed by atoms with Crippen molar-refractivity contribution in [3.63, 3.8) is 0 Å². The number of rotatable bonds is 2. The van der Waals surface area contributed by atoms with Crippen molar-refractivity contribution < 1.29 is 33.2 Å². The van der Waals surface area contributed by atoms with Crippen molar-refractivity contribution in [2.45, 2.75) is 50.1 Å². The lowest BCUT2D eigenvalue weighted by atomic mass is 9.82. The van der Waals surface area contributed by atoms with Crippen LogP contribution in [0, 0.1) is 0 Å². The molecule has 11 heteroatoms. The number of morpholine rings is 2. The average Bonchev–Trinajstić information content (AvgIpc) is 3.55. The van der Waals surface area contributed by atoms with Crippen LogP contribution >= 0.6 is 0 Å². The lowest BCUT2D eigenvalue weighted by Crippen LogP contribution is -2.52. The Morgan fingerprint density at radius 2 is 1.13 bits per heavy atom. The van der Waals surface area contributed by atoms with Crippen LogP contribution in [0.25, 0.3) is 0 Å². The van der Waals surface area contributed by atoms with Gasteiger partial charge < -0.3 is 48.9 Å². The minimum absolute atomic E-state index is 0.0397. The number of amides is 1. The van der Waals surface area contributed by atoms with Crippen molar-refractivity contribution in [3.8, 4) is 0 Å². The third-order valence-corrected chi connectivity index (χ3v) is 9.87. The van der Waals surface area contributed by atoms with Gasteiger partial charge in [0, 0.05) is 55.5 Å². The van der Waals surface area contributed by atoms with E-state index in [-0.39, 0.29) is 11.3 Å². The molecule has 0 atom stereocenters. The van der Waals surface area contributed by atoms with Crippen LogP contribution in [0.5, 0.6) is 0 Å². The number of benzene rings is 2. The summed E-state index contributed by atoms with van der Waals surface area (Å²) in [4.78, 5) is 17.3. The fourth-order valence-corrected chi connectivity index (χ4v) is 6.88. The van der Waals surface area contributed by atoms with Crippen molar-refractivity contribution in [1.82, 2.24) is 0 Å². The molecule has 0 bridgehead atoms. The number of carbonyl (C=O) groups is 1. The molecule has 0 aromatic heterocycles. The third kappa shape index (κ3) is 5.90. The van der Waals surface area contributed by atoms with E-state index in [1.54, 1.807) is 0 Å². The zero-order valence-electron chi connectivity index (χ0n) is 26.9. The molecule has 2 aromatic rings. The van der Waals surface area contributed by atoms with Gasteiger partial charge in [0.25, 0.3) is 0 Å². The maximum Gasteiger partial charge on any atom is 0.239 e. The summed E-state index contributed by atoms with van der Waals surface area (Å²) in [6, 6.07) is 12.9. The first-order valence-corrected chi connectivity index (χ1v) is 16.1. The van der Waals surface area contributed by atoms with Crippen LogP contribution in [0.2, 0.25) is 0 Å². The van der Waals surface area contributed by atoms with E-state index in [4.69, 9.17) is 28.4 Å². The Morgan fingerprint density at radius 3 is 1.69 bits per heavy atom. The molecule has 11 nitrogen and oxygen atoms in total. The van der Waals surface area contributed by atoms with Gasteiger partial charge in [0.05, 0.1) is 58.3 Å². The highest BCUT2D eigenvalue weighted by Crippen LogP contribution is 2.45. The van der Waals surface area contributed by atoms with Gasteiger partial charge in [-0.15, -0.1) is 0 Å². The summed E-state index contributed by atoms with van der Waals surface area (Å²) in [7, 11) is 0. The molecule has 2 N–H and O–H groups in total. The van der Waals surface area contributed by atoms with E-state index in [1.807, 2.05) is 39.8 Å². The summed E-state index contributed by atoms with van der Waals surface area (Å²) in [6.45, 7) is 17.4. The van der Waals surface area contributed by atoms with Gasteiger partial charge in [-0.05, 0) is 63.1 Å². The molecule has 2 aromatic carbocycles. The third-order valence-electron chi connectivity index (χ3n) is 9.87. The molecule has 4 fully saturated rings. The number of fused-ring (bicyclic) bond motifs is 4. The minimum Gasteiger partial charge on any atom is -0.384 e. The largest absolute Gasteiger partial charge is 0.384 e. The highest BCUT2D eigenvalue weighted by Gasteiger charge is 2.52. The van der Waals surface area contributed by atoms with E-state index in [9.17, 15) is 4.79 Å². The molecule has 0 saturated carbocycles. The zero-order valence-corrected chi connectivity index (χ0v) is 26.9. The Labute approximate surface area is 265 Å². The van der Waals surface area contributed by atoms with Gasteiger partial charge in [-0.25, -0.2) is 0 Å². The van der Waals surface area contributed by atoms with Gasteiger partial charge in [0.15, 0.2) is 11.6 Å². The van der Waals surface area contributed by atoms with Crippen molar-refractivity contribution in [2.24, 2.45) is 0 Å². The number of ether oxygens (including phenoxy) is 6. The monoisotopic (exact) mass is 622 g/mol. The van der Waals surface area contributed by atoms with Gasteiger partial charge in [-0.1, -0.05) is 12.1 Å². The average molecular weight is 623 g/mol. The Bertz CT molecular complexity index is 1400. The first-order valence-electron chi connectivity index (χ1n) is 16.1. The SMILES string of the molecule is CC1(C)OCC2(CNc3cc(N4CCOCC4)ccc32)CO1.CC1(C)OCC2(CO1)C(=O)Nc1cc(N3CCOCC3)ccc12. The molecular formula is C34H46N4O7. The maximum atomic E-state index is 12.6. The molecule has 244 valence electrons. The number of hydrogen-bond donors (Lipinski definition) is 2. The highest BCUT2D eigenvalue weighted by atomic mass is 16.7. The van der Waals surface area contributed by atoms with Gasteiger partial charge in [-0.2, -0.15) is 0 Å². The Hall–Kier alpha value is -2.93. The zero-order chi connectivity index (χ0) is 31.3. The minimum atomic E-state index is -0.728. The van der Waals surface area contributed by atoms with Gasteiger partial charge >= 0.3 is 0 Å². The summed E-state index contributed by atoms with van der Waals surface area (Å²) in [5.74, 6) is -1.15. The normalized spacial score (nSPS) is 25.6. The maximum absolute atomic E-state index is 12.6. The standard InChI is InChI=1S/C17H22N2O4.C17H24N2O3/c1-16(2)22-10-17(11-23-16)13-4-3-12(9-14(13)18-15(17)20)19-5-7-21-8-6-19;1-16(2)21-11-17(12-22-16)10-18-15-9-13(3-4-14(15)17)19-5-7-20-8-6-19/h3-4,9H,5-8,10-11H2,1-2H3,(H,18,20);3-4,9,18H,5-8,10-12H2,1-2H3. The van der Waals surface area contributed by atoms with Crippen molar-refractivity contribution >= 4 is 28.7 Å². The van der Waals surface area contributed by atoms with Crippen molar-refractivity contribution in [2.75, 3.05) is 106 Å². The molecule has 8 rings (SSSR count). The molecule has 0 aliphatic carbocycles. The first kappa shape index (κ1) is 30.7. The fraction of sp³-hybridized carbons (Fsp3) is 0.618. The number of hydrogen-bond acceptors (Lipinski definition) is 10. The molecule has 2 spiro atoms. The van der Waals surface area contributed by atoms with Crippen LogP contribution in [0.1, 0.15) is 38.8 Å². The van der Waals surface area contributed by atoms with E-state index in [1.165, 1.54) is 16.9 Å². The molecule has 0 radical (unpaired) electrons. The van der Waals surface area contributed by atoms with Gasteiger partial charge in [0.1, 0.15) is 5.41 Å². The van der Waals surface area contributed by atoms with Gasteiger partial charge in [0.2, 0.25) is 5.91 Å². The van der Waals surface area contributed by atoms with Crippen molar-refractivity contribution in [1.29, 1.82) is 0 Å². The Morgan fingerprint density at radius 1 is 0.644 bits per heavy atom. The summed E-state index contributed by atoms with van der Waals surface area (Å²) in [5, 5.41) is 6.56. The van der Waals surface area contributed by atoms with Crippen LogP contribution in [0.4, 0.5) is 22.7 Å². The molecule has 4 saturated heterocycles. The lowest BCUT2D eigenvalue weighted by molar-refractivity contribution is -0.266. The van der Waals surface area contributed by atoms with E-state index >= 15 is 0 Å². The number of carbonyl (C=O) groups excluding carboxylic acids is 1. The summed E-state index contributed by atoms with van der Waals surface area (Å²) in [6.07, 6.45) is 0. The quantitative estimate of drug-likeness (QED) is 0.518. The summed E-state index contributed by atoms with van der Waals surface area (Å²) in [5.41, 5.74) is 5.98. The second kappa shape index (κ2) is 11.7. The van der Waals surface area contributed by atoms with Crippen LogP contribution in [-0.4, -0.2) is 103 Å². The van der Waals surface area contributed by atoms with E-state index in [2.05, 4.69) is 44.7 Å². The van der Waals surface area contributed by atoms with Gasteiger partial charge in [-0.3, -0.25) is 4.79 Å².